The van der Waals surface area contributed by atoms with Crippen LogP contribution in [0.4, 0.5) is 5.69 Å². The number of aromatic nitrogens is 1. The first-order chi connectivity index (χ1) is 5.77. The van der Waals surface area contributed by atoms with Gasteiger partial charge in [-0.15, -0.1) is 0 Å². The van der Waals surface area contributed by atoms with Gasteiger partial charge >= 0.3 is 0 Å². The van der Waals surface area contributed by atoms with Gasteiger partial charge in [-0.3, -0.25) is 9.78 Å². The highest BCUT2D eigenvalue weighted by Crippen LogP contribution is 2.33. The molecule has 0 fully saturated rings. The third-order valence-electron chi connectivity index (χ3n) is 1.49. The van der Waals surface area contributed by atoms with Crippen LogP contribution in [-0.4, -0.2) is 17.5 Å². The average Bonchev–Trinajstić information content (AvgIpc) is 2.07. The molecule has 2 heterocycles. The Balaban J connectivity index is 2.50. The average molecular weight is 229 g/mol. The fourth-order valence-corrected chi connectivity index (χ4v) is 1.38. The second-order valence-corrected chi connectivity index (χ2v) is 3.19. The monoisotopic (exact) mass is 228 g/mol. The number of rotatable bonds is 0. The number of hydrogen-bond donors (Lipinski definition) is 1. The van der Waals surface area contributed by atoms with Crippen molar-refractivity contribution in [1.29, 1.82) is 0 Å². The SMILES string of the molecule is O=C1COc2cncc(Br)c2N1. The Morgan fingerprint density at radius 3 is 3.25 bits per heavy atom. The second-order valence-electron chi connectivity index (χ2n) is 2.33. The molecule has 4 nitrogen and oxygen atoms in total. The number of fused-ring (bicyclic) bond motifs is 1. The molecule has 1 aliphatic heterocycles. The lowest BCUT2D eigenvalue weighted by Gasteiger charge is -2.17. The summed E-state index contributed by atoms with van der Waals surface area (Å²) in [6.07, 6.45) is 3.17. The van der Waals surface area contributed by atoms with E-state index < -0.39 is 0 Å². The molecule has 12 heavy (non-hydrogen) atoms. The zero-order valence-corrected chi connectivity index (χ0v) is 7.59. The van der Waals surface area contributed by atoms with Crippen LogP contribution < -0.4 is 10.1 Å². The number of amides is 1. The van der Waals surface area contributed by atoms with E-state index in [0.717, 1.165) is 4.47 Å². The van der Waals surface area contributed by atoms with E-state index in [2.05, 4.69) is 26.2 Å². The van der Waals surface area contributed by atoms with Crippen molar-refractivity contribution in [2.24, 2.45) is 0 Å². The molecule has 5 heteroatoms. The van der Waals surface area contributed by atoms with Crippen molar-refractivity contribution in [3.05, 3.63) is 16.9 Å². The molecule has 1 amide bonds. The van der Waals surface area contributed by atoms with Crippen LogP contribution in [0.1, 0.15) is 0 Å². The first-order valence-corrected chi connectivity index (χ1v) is 4.13. The second kappa shape index (κ2) is 2.75. The summed E-state index contributed by atoms with van der Waals surface area (Å²) in [7, 11) is 0. The van der Waals surface area contributed by atoms with Crippen LogP contribution in [0.5, 0.6) is 5.75 Å². The molecule has 62 valence electrons. The van der Waals surface area contributed by atoms with Gasteiger partial charge in [0.05, 0.1) is 10.7 Å². The van der Waals surface area contributed by atoms with Crippen LogP contribution in [0, 0.1) is 0 Å². The molecule has 1 aliphatic rings. The maximum absolute atomic E-state index is 10.9. The van der Waals surface area contributed by atoms with Gasteiger partial charge in [0.1, 0.15) is 5.69 Å². The fourth-order valence-electron chi connectivity index (χ4n) is 0.967. The van der Waals surface area contributed by atoms with Gasteiger partial charge in [-0.1, -0.05) is 0 Å². The number of hydrogen-bond acceptors (Lipinski definition) is 3. The summed E-state index contributed by atoms with van der Waals surface area (Å²) in [4.78, 5) is 14.8. The van der Waals surface area contributed by atoms with E-state index in [4.69, 9.17) is 4.74 Å². The van der Waals surface area contributed by atoms with Crippen LogP contribution in [0.2, 0.25) is 0 Å². The van der Waals surface area contributed by atoms with E-state index >= 15 is 0 Å². The minimum absolute atomic E-state index is 0.0606. The number of halogens is 1. The van der Waals surface area contributed by atoms with Crippen molar-refractivity contribution >= 4 is 27.5 Å². The molecular formula is C7H5BrN2O2. The smallest absolute Gasteiger partial charge is 0.262 e. The summed E-state index contributed by atoms with van der Waals surface area (Å²) < 4.78 is 5.84. The maximum Gasteiger partial charge on any atom is 0.262 e. The van der Waals surface area contributed by atoms with Crippen LogP contribution in [-0.2, 0) is 4.79 Å². The van der Waals surface area contributed by atoms with E-state index in [1.54, 1.807) is 12.4 Å². The number of ether oxygens (including phenoxy) is 1. The van der Waals surface area contributed by atoms with Gasteiger partial charge in [0, 0.05) is 6.20 Å². The van der Waals surface area contributed by atoms with Crippen LogP contribution in [0.15, 0.2) is 16.9 Å². The van der Waals surface area contributed by atoms with Gasteiger partial charge in [-0.25, -0.2) is 0 Å². The highest BCUT2D eigenvalue weighted by Gasteiger charge is 2.17. The highest BCUT2D eigenvalue weighted by molar-refractivity contribution is 9.10. The quantitative estimate of drug-likeness (QED) is 0.726. The van der Waals surface area contributed by atoms with E-state index in [0.29, 0.717) is 11.4 Å². The summed E-state index contributed by atoms with van der Waals surface area (Å²) in [5.74, 6) is 0.457. The van der Waals surface area contributed by atoms with Crippen molar-refractivity contribution in [3.63, 3.8) is 0 Å². The molecule has 2 rings (SSSR count). The normalized spacial score (nSPS) is 14.6. The standard InChI is InChI=1S/C7H5BrN2O2/c8-4-1-9-2-5-7(4)10-6(11)3-12-5/h1-2H,3H2,(H,10,11). The fraction of sp³-hybridized carbons (Fsp3) is 0.143. The zero-order valence-electron chi connectivity index (χ0n) is 6.00. The van der Waals surface area contributed by atoms with Gasteiger partial charge in [-0.2, -0.15) is 0 Å². The van der Waals surface area contributed by atoms with E-state index in [9.17, 15) is 4.79 Å². The van der Waals surface area contributed by atoms with Crippen molar-refractivity contribution in [2.45, 2.75) is 0 Å². The van der Waals surface area contributed by atoms with Crippen molar-refractivity contribution < 1.29 is 9.53 Å². The number of carbonyl (C=O) groups excluding carboxylic acids is 1. The molecule has 0 spiro atoms. The summed E-state index contributed by atoms with van der Waals surface area (Å²) in [6, 6.07) is 0. The minimum atomic E-state index is -0.144. The summed E-state index contributed by atoms with van der Waals surface area (Å²) >= 11 is 3.25. The van der Waals surface area contributed by atoms with Crippen LogP contribution in [0.3, 0.4) is 0 Å². The maximum atomic E-state index is 10.9. The lowest BCUT2D eigenvalue weighted by Crippen LogP contribution is -2.25. The van der Waals surface area contributed by atoms with E-state index in [1.165, 1.54) is 0 Å². The first-order valence-electron chi connectivity index (χ1n) is 3.33. The summed E-state index contributed by atoms with van der Waals surface area (Å²) in [6.45, 7) is 0.0606. The lowest BCUT2D eigenvalue weighted by atomic mass is 10.3. The number of carbonyl (C=O) groups is 1. The Morgan fingerprint density at radius 1 is 1.58 bits per heavy atom. The molecule has 0 radical (unpaired) electrons. The van der Waals surface area contributed by atoms with Crippen LogP contribution >= 0.6 is 15.9 Å². The molecule has 1 aromatic rings. The van der Waals surface area contributed by atoms with Gasteiger partial charge in [-0.05, 0) is 15.9 Å². The van der Waals surface area contributed by atoms with E-state index in [1.807, 2.05) is 0 Å². The van der Waals surface area contributed by atoms with Crippen LogP contribution in [0.25, 0.3) is 0 Å². The molecular weight excluding hydrogens is 224 g/mol. The molecule has 0 unspecified atom stereocenters. The van der Waals surface area contributed by atoms with E-state index in [-0.39, 0.29) is 12.5 Å². The van der Waals surface area contributed by atoms with Gasteiger partial charge in [0.25, 0.3) is 5.91 Å². The highest BCUT2D eigenvalue weighted by atomic mass is 79.9. The molecule has 0 atom stereocenters. The summed E-state index contributed by atoms with van der Waals surface area (Å²) in [5, 5.41) is 2.68. The molecule has 1 N–H and O–H groups in total. The minimum Gasteiger partial charge on any atom is -0.480 e. The first kappa shape index (κ1) is 7.54. The Labute approximate surface area is 77.1 Å². The topological polar surface area (TPSA) is 51.2 Å². The largest absolute Gasteiger partial charge is 0.480 e. The van der Waals surface area contributed by atoms with Crippen molar-refractivity contribution in [3.8, 4) is 5.75 Å². The van der Waals surface area contributed by atoms with Crippen molar-refractivity contribution in [1.82, 2.24) is 4.98 Å². The predicted molar refractivity (Wildman–Crippen MR) is 46.1 cm³/mol. The third kappa shape index (κ3) is 1.16. The summed E-state index contributed by atoms with van der Waals surface area (Å²) in [5.41, 5.74) is 0.654. The molecule has 0 aliphatic carbocycles. The molecule has 0 bridgehead atoms. The van der Waals surface area contributed by atoms with Gasteiger partial charge < -0.3 is 10.1 Å². The predicted octanol–water partition coefficient (Wildman–Crippen LogP) is 1.17. The lowest BCUT2D eigenvalue weighted by molar-refractivity contribution is -0.118. The molecule has 1 aromatic heterocycles. The van der Waals surface area contributed by atoms with Crippen molar-refractivity contribution in [2.75, 3.05) is 11.9 Å². The molecule has 0 saturated carbocycles. The molecule has 0 aromatic carbocycles. The number of nitrogens with zero attached hydrogens (tertiary/aromatic N) is 1. The Bertz CT molecular complexity index is 340. The van der Waals surface area contributed by atoms with Gasteiger partial charge in [0.2, 0.25) is 0 Å². The Hall–Kier alpha value is -1.10. The number of anilines is 1. The third-order valence-corrected chi connectivity index (χ3v) is 2.09. The Kier molecular flexibility index (Phi) is 1.73. The van der Waals surface area contributed by atoms with Gasteiger partial charge in [0.15, 0.2) is 12.4 Å². The number of nitrogens with one attached hydrogen (secondary N) is 1. The Morgan fingerprint density at radius 2 is 2.42 bits per heavy atom. The number of pyridine rings is 1. The molecule has 0 saturated heterocycles. The zero-order chi connectivity index (χ0) is 8.55.